The second-order valence-electron chi connectivity index (χ2n) is 7.69. The van der Waals surface area contributed by atoms with E-state index in [1.807, 2.05) is 0 Å². The van der Waals surface area contributed by atoms with Crippen molar-refractivity contribution in [2.24, 2.45) is 5.41 Å². The van der Waals surface area contributed by atoms with Crippen LogP contribution in [0.1, 0.15) is 24.7 Å². The molecule has 3 aromatic rings. The van der Waals surface area contributed by atoms with Crippen molar-refractivity contribution in [1.29, 1.82) is 0 Å². The van der Waals surface area contributed by atoms with Crippen LogP contribution in [0.25, 0.3) is 11.5 Å². The molecule has 1 atom stereocenters. The van der Waals surface area contributed by atoms with Crippen molar-refractivity contribution in [2.75, 3.05) is 26.3 Å². The summed E-state index contributed by atoms with van der Waals surface area (Å²) in [5.41, 5.74) is 0.484. The van der Waals surface area contributed by atoms with Gasteiger partial charge in [-0.25, -0.2) is 8.42 Å². The zero-order chi connectivity index (χ0) is 20.6. The van der Waals surface area contributed by atoms with E-state index in [2.05, 4.69) is 20.2 Å². The smallest absolute Gasteiger partial charge is 0.247 e. The number of hydrogen-bond donors (Lipinski definition) is 0. The fourth-order valence-corrected chi connectivity index (χ4v) is 5.88. The van der Waals surface area contributed by atoms with E-state index in [-0.39, 0.29) is 22.8 Å². The van der Waals surface area contributed by atoms with Crippen molar-refractivity contribution < 1.29 is 17.6 Å². The Morgan fingerprint density at radius 2 is 1.83 bits per heavy atom. The topological polar surface area (TPSA) is 111 Å². The highest BCUT2D eigenvalue weighted by Gasteiger charge is 2.53. The molecule has 0 aromatic carbocycles. The molecule has 30 heavy (non-hydrogen) atoms. The first kappa shape index (κ1) is 19.3. The highest BCUT2D eigenvalue weighted by molar-refractivity contribution is 7.89. The van der Waals surface area contributed by atoms with Crippen molar-refractivity contribution in [3.05, 3.63) is 54.9 Å². The standard InChI is InChI=1S/C20H21N5O4S/c26-30(27,16-2-1-7-22-12-16)25-13-17(20(14-25)5-10-28-11-6-20)19-24-23-18(29-19)15-3-8-21-9-4-15/h1-4,7-9,12,17H,5-6,10-11,13-14H2. The maximum atomic E-state index is 13.2. The molecule has 2 aliphatic heterocycles. The maximum absolute atomic E-state index is 13.2. The summed E-state index contributed by atoms with van der Waals surface area (Å²) < 4.78 is 39.6. The summed E-state index contributed by atoms with van der Waals surface area (Å²) in [7, 11) is -3.67. The molecule has 2 fully saturated rings. The van der Waals surface area contributed by atoms with Gasteiger partial charge in [-0.05, 0) is 37.1 Å². The predicted molar refractivity (Wildman–Crippen MR) is 106 cm³/mol. The van der Waals surface area contributed by atoms with Gasteiger partial charge in [-0.2, -0.15) is 4.31 Å². The molecular weight excluding hydrogens is 406 g/mol. The summed E-state index contributed by atoms with van der Waals surface area (Å²) in [6, 6.07) is 6.80. The van der Waals surface area contributed by atoms with E-state index < -0.39 is 10.0 Å². The normalized spacial score (nSPS) is 21.8. The minimum atomic E-state index is -3.67. The number of hydrogen-bond acceptors (Lipinski definition) is 8. The first-order chi connectivity index (χ1) is 14.6. The Bertz CT molecular complexity index is 1110. The van der Waals surface area contributed by atoms with Crippen LogP contribution in [0.15, 0.2) is 58.4 Å². The van der Waals surface area contributed by atoms with Crippen LogP contribution in [0.5, 0.6) is 0 Å². The van der Waals surface area contributed by atoms with Crippen molar-refractivity contribution in [3.8, 4) is 11.5 Å². The molecule has 2 saturated heterocycles. The van der Waals surface area contributed by atoms with Crippen molar-refractivity contribution >= 4 is 10.0 Å². The van der Waals surface area contributed by atoms with Crippen molar-refractivity contribution in [1.82, 2.24) is 24.5 Å². The Balaban J connectivity index is 1.50. The third-order valence-electron chi connectivity index (χ3n) is 6.04. The zero-order valence-electron chi connectivity index (χ0n) is 16.2. The van der Waals surface area contributed by atoms with Crippen LogP contribution in [0.4, 0.5) is 0 Å². The quantitative estimate of drug-likeness (QED) is 0.622. The van der Waals surface area contributed by atoms with E-state index in [1.165, 1.54) is 10.5 Å². The number of rotatable bonds is 4. The van der Waals surface area contributed by atoms with Gasteiger partial charge >= 0.3 is 0 Å². The van der Waals surface area contributed by atoms with Crippen LogP contribution < -0.4 is 0 Å². The Kier molecular flexibility index (Phi) is 4.84. The Hall–Kier alpha value is -2.69. The predicted octanol–water partition coefficient (Wildman–Crippen LogP) is 2.11. The minimum absolute atomic E-state index is 0.191. The van der Waals surface area contributed by atoms with Crippen molar-refractivity contribution in [2.45, 2.75) is 23.7 Å². The summed E-state index contributed by atoms with van der Waals surface area (Å²) in [5.74, 6) is 0.673. The van der Waals surface area contributed by atoms with Gasteiger partial charge in [0.25, 0.3) is 0 Å². The summed E-state index contributed by atoms with van der Waals surface area (Å²) in [6.07, 6.45) is 7.75. The van der Waals surface area contributed by atoms with Gasteiger partial charge in [0.15, 0.2) is 0 Å². The second kappa shape index (κ2) is 7.53. The van der Waals surface area contributed by atoms with Gasteiger partial charge < -0.3 is 9.15 Å². The van der Waals surface area contributed by atoms with E-state index in [9.17, 15) is 8.42 Å². The first-order valence-electron chi connectivity index (χ1n) is 9.80. The van der Waals surface area contributed by atoms with Gasteiger partial charge in [-0.3, -0.25) is 9.97 Å². The summed E-state index contributed by atoms with van der Waals surface area (Å²) in [6.45, 7) is 1.85. The SMILES string of the molecule is O=S(=O)(c1cccnc1)N1CC(c2nnc(-c3ccncc3)o2)C2(CCOCC2)C1. The number of pyridine rings is 2. The molecule has 0 bridgehead atoms. The molecule has 10 heteroatoms. The summed E-state index contributed by atoms with van der Waals surface area (Å²) in [4.78, 5) is 8.17. The molecular formula is C20H21N5O4S. The maximum Gasteiger partial charge on any atom is 0.247 e. The molecule has 1 spiro atoms. The second-order valence-corrected chi connectivity index (χ2v) is 9.63. The van der Waals surface area contributed by atoms with Gasteiger partial charge in [0, 0.05) is 62.1 Å². The molecule has 0 aliphatic carbocycles. The Morgan fingerprint density at radius 3 is 2.57 bits per heavy atom. The number of ether oxygens (including phenoxy) is 1. The van der Waals surface area contributed by atoms with E-state index in [1.54, 1.807) is 42.9 Å². The molecule has 9 nitrogen and oxygen atoms in total. The van der Waals surface area contributed by atoms with Crippen LogP contribution in [0.2, 0.25) is 0 Å². The monoisotopic (exact) mass is 427 g/mol. The Labute approximate surface area is 174 Å². The zero-order valence-corrected chi connectivity index (χ0v) is 17.0. The highest BCUT2D eigenvalue weighted by Crippen LogP contribution is 2.50. The lowest BCUT2D eigenvalue weighted by Gasteiger charge is -2.36. The average molecular weight is 427 g/mol. The van der Waals surface area contributed by atoms with Gasteiger partial charge in [-0.15, -0.1) is 10.2 Å². The third kappa shape index (κ3) is 3.30. The minimum Gasteiger partial charge on any atom is -0.420 e. The molecule has 156 valence electrons. The lowest BCUT2D eigenvalue weighted by molar-refractivity contribution is 0.0112. The van der Waals surface area contributed by atoms with Crippen LogP contribution in [-0.4, -0.2) is 59.2 Å². The van der Waals surface area contributed by atoms with Gasteiger partial charge in [0.1, 0.15) is 4.90 Å². The summed E-state index contributed by atoms with van der Waals surface area (Å²) in [5, 5.41) is 8.50. The molecule has 0 N–H and O–H groups in total. The third-order valence-corrected chi connectivity index (χ3v) is 7.84. The number of nitrogens with zero attached hydrogens (tertiary/aromatic N) is 5. The van der Waals surface area contributed by atoms with Crippen LogP contribution in [-0.2, 0) is 14.8 Å². The molecule has 3 aromatic heterocycles. The Morgan fingerprint density at radius 1 is 1.03 bits per heavy atom. The van der Waals surface area contributed by atoms with Crippen LogP contribution in [0, 0.1) is 5.41 Å². The highest BCUT2D eigenvalue weighted by atomic mass is 32.2. The fraction of sp³-hybridized carbons (Fsp3) is 0.400. The molecule has 5 heterocycles. The molecule has 0 amide bonds. The molecule has 0 radical (unpaired) electrons. The lowest BCUT2D eigenvalue weighted by Crippen LogP contribution is -2.37. The van der Waals surface area contributed by atoms with Gasteiger partial charge in [0.05, 0.1) is 5.92 Å². The number of aromatic nitrogens is 4. The van der Waals surface area contributed by atoms with E-state index >= 15 is 0 Å². The molecule has 5 rings (SSSR count). The van der Waals surface area contributed by atoms with Gasteiger partial charge in [-0.1, -0.05) is 0 Å². The summed E-state index contributed by atoms with van der Waals surface area (Å²) >= 11 is 0. The number of sulfonamides is 1. The van der Waals surface area contributed by atoms with E-state index in [0.717, 1.165) is 18.4 Å². The molecule has 2 aliphatic rings. The van der Waals surface area contributed by atoms with Crippen LogP contribution >= 0.6 is 0 Å². The largest absolute Gasteiger partial charge is 0.420 e. The molecule has 0 saturated carbocycles. The van der Waals surface area contributed by atoms with E-state index in [0.29, 0.717) is 31.5 Å². The van der Waals surface area contributed by atoms with Crippen LogP contribution in [0.3, 0.4) is 0 Å². The lowest BCUT2D eigenvalue weighted by atomic mass is 9.72. The first-order valence-corrected chi connectivity index (χ1v) is 11.2. The average Bonchev–Trinajstić information content (AvgIpc) is 3.41. The van der Waals surface area contributed by atoms with E-state index in [4.69, 9.17) is 9.15 Å². The van der Waals surface area contributed by atoms with Crippen molar-refractivity contribution in [3.63, 3.8) is 0 Å². The molecule has 1 unspecified atom stereocenters. The fourth-order valence-electron chi connectivity index (χ4n) is 4.37. The van der Waals surface area contributed by atoms with Gasteiger partial charge in [0.2, 0.25) is 21.8 Å².